The summed E-state index contributed by atoms with van der Waals surface area (Å²) in [5, 5.41) is 14.4. The number of aliphatic carboxylic acids is 1. The van der Waals surface area contributed by atoms with Crippen molar-refractivity contribution in [1.82, 2.24) is 5.32 Å². The van der Waals surface area contributed by atoms with E-state index in [1.165, 1.54) is 18.2 Å². The van der Waals surface area contributed by atoms with Gasteiger partial charge in [0.1, 0.15) is 11.6 Å². The van der Waals surface area contributed by atoms with Crippen molar-refractivity contribution < 1.29 is 23.8 Å². The molecule has 0 heterocycles. The molecule has 0 aromatic heterocycles. The van der Waals surface area contributed by atoms with E-state index in [0.717, 1.165) is 0 Å². The normalized spacial score (nSPS) is 20.6. The van der Waals surface area contributed by atoms with Crippen molar-refractivity contribution in [2.24, 2.45) is 5.92 Å². The quantitative estimate of drug-likeness (QED) is 0.777. The van der Waals surface area contributed by atoms with E-state index in [4.69, 9.17) is 9.84 Å². The highest BCUT2D eigenvalue weighted by atomic mass is 19.1. The maximum atomic E-state index is 13.2. The lowest BCUT2D eigenvalue weighted by atomic mass is 9.86. The van der Waals surface area contributed by atoms with E-state index in [0.29, 0.717) is 38.0 Å². The first kappa shape index (κ1) is 17.1. The highest BCUT2D eigenvalue weighted by molar-refractivity contribution is 5.91. The third kappa shape index (κ3) is 4.84. The molecule has 0 atom stereocenters. The van der Waals surface area contributed by atoms with Crippen LogP contribution in [0.4, 0.5) is 14.9 Å². The smallest absolute Gasteiger partial charge is 0.319 e. The van der Waals surface area contributed by atoms with Crippen LogP contribution in [-0.4, -0.2) is 29.8 Å². The first-order valence-electron chi connectivity index (χ1n) is 7.72. The number of urea groups is 1. The van der Waals surface area contributed by atoms with Crippen LogP contribution in [0.25, 0.3) is 0 Å². The van der Waals surface area contributed by atoms with Crippen molar-refractivity contribution in [2.75, 3.05) is 11.9 Å². The molecule has 1 aliphatic rings. The van der Waals surface area contributed by atoms with Gasteiger partial charge in [-0.15, -0.1) is 0 Å². The molecule has 2 rings (SSSR count). The van der Waals surface area contributed by atoms with Crippen LogP contribution in [0.15, 0.2) is 18.2 Å². The van der Waals surface area contributed by atoms with Crippen molar-refractivity contribution in [1.29, 1.82) is 0 Å². The lowest BCUT2D eigenvalue weighted by Gasteiger charge is -2.27. The number of hydrogen-bond donors (Lipinski definition) is 3. The molecule has 0 aliphatic heterocycles. The van der Waals surface area contributed by atoms with Crippen molar-refractivity contribution in [3.63, 3.8) is 0 Å². The number of carbonyl (C=O) groups is 2. The molecule has 0 unspecified atom stereocenters. The Bertz CT molecular complexity index is 571. The molecule has 2 amide bonds. The number of amides is 2. The molecule has 1 aromatic rings. The minimum absolute atomic E-state index is 0.0541. The van der Waals surface area contributed by atoms with E-state index in [1.54, 1.807) is 6.92 Å². The van der Waals surface area contributed by atoms with Crippen LogP contribution in [0, 0.1) is 11.7 Å². The van der Waals surface area contributed by atoms with E-state index in [9.17, 15) is 14.0 Å². The van der Waals surface area contributed by atoms with E-state index < -0.39 is 17.8 Å². The molecule has 126 valence electrons. The van der Waals surface area contributed by atoms with Crippen molar-refractivity contribution >= 4 is 17.7 Å². The molecule has 1 aromatic carbocycles. The molecule has 0 saturated heterocycles. The molecule has 0 radical (unpaired) electrons. The summed E-state index contributed by atoms with van der Waals surface area (Å²) in [4.78, 5) is 23.0. The number of carboxylic acid groups (broad SMARTS) is 1. The fourth-order valence-corrected chi connectivity index (χ4v) is 2.70. The summed E-state index contributed by atoms with van der Waals surface area (Å²) < 4.78 is 18.5. The van der Waals surface area contributed by atoms with Crippen LogP contribution >= 0.6 is 0 Å². The SMILES string of the molecule is CCOc1cc(F)ccc1NC(=O)NC1CCC(C(=O)O)CC1. The van der Waals surface area contributed by atoms with Gasteiger partial charge in [-0.05, 0) is 44.7 Å². The van der Waals surface area contributed by atoms with Gasteiger partial charge in [0, 0.05) is 12.1 Å². The number of hydrogen-bond acceptors (Lipinski definition) is 3. The van der Waals surface area contributed by atoms with Crippen molar-refractivity contribution in [3.05, 3.63) is 24.0 Å². The van der Waals surface area contributed by atoms with Crippen LogP contribution in [0.2, 0.25) is 0 Å². The van der Waals surface area contributed by atoms with Crippen LogP contribution in [0.1, 0.15) is 32.6 Å². The van der Waals surface area contributed by atoms with Crippen LogP contribution in [0.5, 0.6) is 5.75 Å². The van der Waals surface area contributed by atoms with Gasteiger partial charge in [-0.2, -0.15) is 0 Å². The number of rotatable bonds is 5. The molecule has 23 heavy (non-hydrogen) atoms. The first-order chi connectivity index (χ1) is 11.0. The second-order valence-electron chi connectivity index (χ2n) is 5.56. The molecule has 6 nitrogen and oxygen atoms in total. The minimum atomic E-state index is -0.777. The Morgan fingerprint density at radius 2 is 2.00 bits per heavy atom. The van der Waals surface area contributed by atoms with Gasteiger partial charge in [0.05, 0.1) is 18.2 Å². The lowest BCUT2D eigenvalue weighted by molar-refractivity contribution is -0.142. The number of halogens is 1. The number of carbonyl (C=O) groups excluding carboxylic acids is 1. The Kier molecular flexibility index (Phi) is 5.78. The van der Waals surface area contributed by atoms with Gasteiger partial charge in [-0.25, -0.2) is 9.18 Å². The molecule has 3 N–H and O–H groups in total. The predicted octanol–water partition coefficient (Wildman–Crippen LogP) is 2.99. The van der Waals surface area contributed by atoms with Gasteiger partial charge in [0.25, 0.3) is 0 Å². The zero-order chi connectivity index (χ0) is 16.8. The Morgan fingerprint density at radius 1 is 1.30 bits per heavy atom. The summed E-state index contributed by atoms with van der Waals surface area (Å²) in [6, 6.07) is 3.45. The summed E-state index contributed by atoms with van der Waals surface area (Å²) in [5.41, 5.74) is 0.393. The largest absolute Gasteiger partial charge is 0.492 e. The molecular formula is C16H21FN2O4. The maximum absolute atomic E-state index is 13.2. The first-order valence-corrected chi connectivity index (χ1v) is 7.72. The van der Waals surface area contributed by atoms with Gasteiger partial charge in [0.2, 0.25) is 0 Å². The van der Waals surface area contributed by atoms with E-state index in [1.807, 2.05) is 0 Å². The molecule has 1 saturated carbocycles. The zero-order valence-corrected chi connectivity index (χ0v) is 13.0. The monoisotopic (exact) mass is 324 g/mol. The summed E-state index contributed by atoms with van der Waals surface area (Å²) >= 11 is 0. The minimum Gasteiger partial charge on any atom is -0.492 e. The Morgan fingerprint density at radius 3 is 2.61 bits per heavy atom. The van der Waals surface area contributed by atoms with Crippen LogP contribution in [0.3, 0.4) is 0 Å². The number of anilines is 1. The lowest BCUT2D eigenvalue weighted by Crippen LogP contribution is -2.41. The second kappa shape index (κ2) is 7.80. The van der Waals surface area contributed by atoms with Crippen molar-refractivity contribution in [2.45, 2.75) is 38.6 Å². The second-order valence-corrected chi connectivity index (χ2v) is 5.56. The Balaban J connectivity index is 1.89. The highest BCUT2D eigenvalue weighted by Crippen LogP contribution is 2.26. The van der Waals surface area contributed by atoms with Crippen LogP contribution < -0.4 is 15.4 Å². The number of carboxylic acids is 1. The number of nitrogens with one attached hydrogen (secondary N) is 2. The van der Waals surface area contributed by atoms with E-state index >= 15 is 0 Å². The van der Waals surface area contributed by atoms with Crippen molar-refractivity contribution in [3.8, 4) is 5.75 Å². The van der Waals surface area contributed by atoms with Gasteiger partial charge >= 0.3 is 12.0 Å². The predicted molar refractivity (Wildman–Crippen MR) is 83.1 cm³/mol. The average Bonchev–Trinajstić information content (AvgIpc) is 2.51. The van der Waals surface area contributed by atoms with Crippen LogP contribution in [-0.2, 0) is 4.79 Å². The topological polar surface area (TPSA) is 87.7 Å². The Hall–Kier alpha value is -2.31. The molecule has 1 aliphatic carbocycles. The zero-order valence-electron chi connectivity index (χ0n) is 13.0. The molecule has 0 bridgehead atoms. The van der Waals surface area contributed by atoms with Gasteiger partial charge in [-0.1, -0.05) is 0 Å². The average molecular weight is 324 g/mol. The fraction of sp³-hybridized carbons (Fsp3) is 0.500. The molecule has 1 fully saturated rings. The fourth-order valence-electron chi connectivity index (χ4n) is 2.70. The molecular weight excluding hydrogens is 303 g/mol. The van der Waals surface area contributed by atoms with Gasteiger partial charge in [0.15, 0.2) is 0 Å². The summed E-state index contributed by atoms with van der Waals surface area (Å²) in [6.45, 7) is 2.13. The van der Waals surface area contributed by atoms with Gasteiger partial charge in [-0.3, -0.25) is 4.79 Å². The van der Waals surface area contributed by atoms with E-state index in [-0.39, 0.29) is 17.7 Å². The number of ether oxygens (including phenoxy) is 1. The third-order valence-corrected chi connectivity index (χ3v) is 3.90. The standard InChI is InChI=1S/C16H21FN2O4/c1-2-23-14-9-11(17)5-8-13(14)19-16(22)18-12-6-3-10(4-7-12)15(20)21/h5,8-10,12H,2-4,6-7H2,1H3,(H,20,21)(H2,18,19,22). The van der Waals surface area contributed by atoms with E-state index in [2.05, 4.69) is 10.6 Å². The third-order valence-electron chi connectivity index (χ3n) is 3.90. The molecule has 7 heteroatoms. The maximum Gasteiger partial charge on any atom is 0.319 e. The summed E-state index contributed by atoms with van der Waals surface area (Å²) in [6.07, 6.45) is 2.38. The van der Waals surface area contributed by atoms with Gasteiger partial charge < -0.3 is 20.5 Å². The Labute approximate surface area is 134 Å². The molecule has 0 spiro atoms. The highest BCUT2D eigenvalue weighted by Gasteiger charge is 2.26. The summed E-state index contributed by atoms with van der Waals surface area (Å²) in [7, 11) is 0. The summed E-state index contributed by atoms with van der Waals surface area (Å²) in [5.74, 6) is -1.26. The number of benzene rings is 1.